The highest BCUT2D eigenvalue weighted by Gasteiger charge is 2.56. The number of rotatable bonds is 15. The largest absolute Gasteiger partial charge is 0.463 e. The zero-order valence-electron chi connectivity index (χ0n) is 42.8. The first-order chi connectivity index (χ1) is 32.3. The van der Waals surface area contributed by atoms with Gasteiger partial charge in [0.25, 0.3) is 11.7 Å². The number of Topliss-reactive ketones (excluding diaryl/α,β-unsaturated/α-hetero) is 2. The van der Waals surface area contributed by atoms with Gasteiger partial charge in [-0.1, -0.05) is 90.5 Å². The fraction of sp³-hybridized carbons (Fsp3) is 0.796. The van der Waals surface area contributed by atoms with Crippen LogP contribution in [-0.2, 0) is 47.7 Å². The van der Waals surface area contributed by atoms with Gasteiger partial charge in [0.2, 0.25) is 5.79 Å². The number of allylic oxidation sites excluding steroid dienone is 4. The molecule has 14 nitrogen and oxygen atoms in total. The number of carbonyl (C=O) groups excluding carboxylic acids is 5. The summed E-state index contributed by atoms with van der Waals surface area (Å²) in [4.78, 5) is 71.4. The lowest BCUT2D eigenvalue weighted by Crippen LogP contribution is -2.64. The minimum atomic E-state index is -2.54. The highest BCUT2D eigenvalue weighted by atomic mass is 16.7. The van der Waals surface area contributed by atoms with Crippen LogP contribution in [0.25, 0.3) is 0 Å². The van der Waals surface area contributed by atoms with Gasteiger partial charge >= 0.3 is 11.9 Å². The molecule has 68 heavy (non-hydrogen) atoms. The van der Waals surface area contributed by atoms with E-state index in [-0.39, 0.29) is 56.0 Å². The van der Waals surface area contributed by atoms with E-state index < -0.39 is 83.7 Å². The van der Waals surface area contributed by atoms with Gasteiger partial charge in [-0.3, -0.25) is 14.4 Å². The summed E-state index contributed by atoms with van der Waals surface area (Å²) in [6.07, 6.45) is 13.6. The van der Waals surface area contributed by atoms with Crippen LogP contribution in [0.3, 0.4) is 0 Å². The summed E-state index contributed by atoms with van der Waals surface area (Å²) in [5.74, 6) is -7.86. The van der Waals surface area contributed by atoms with Crippen LogP contribution >= 0.6 is 0 Å². The van der Waals surface area contributed by atoms with Crippen molar-refractivity contribution < 1.29 is 63.0 Å². The van der Waals surface area contributed by atoms with E-state index in [1.807, 2.05) is 32.9 Å². The zero-order chi connectivity index (χ0) is 50.1. The van der Waals surface area contributed by atoms with Crippen molar-refractivity contribution >= 4 is 29.4 Å². The minimum absolute atomic E-state index is 0.0569. The molecule has 3 N–H and O–H groups in total. The number of hydrogen-bond donors (Lipinski definition) is 3. The summed E-state index contributed by atoms with van der Waals surface area (Å²) < 4.78 is 29.9. The molecule has 3 aliphatic heterocycles. The second kappa shape index (κ2) is 27.9. The first-order valence-corrected chi connectivity index (χ1v) is 25.9. The topological polar surface area (TPSA) is 195 Å². The monoisotopic (exact) mass is 958 g/mol. The van der Waals surface area contributed by atoms with Gasteiger partial charge in [0.05, 0.1) is 31.0 Å². The Balaban J connectivity index is 1.67. The Hall–Kier alpha value is -3.27. The van der Waals surface area contributed by atoms with E-state index in [9.17, 15) is 39.3 Å². The number of unbranched alkanes of at least 4 members (excludes halogenated alkanes) is 4. The first-order valence-electron chi connectivity index (χ1n) is 25.9. The minimum Gasteiger partial charge on any atom is -0.463 e. The molecule has 2 bridgehead atoms. The molecule has 1 amide bonds. The molecule has 11 atom stereocenters. The van der Waals surface area contributed by atoms with Crippen molar-refractivity contribution in [2.45, 2.75) is 212 Å². The van der Waals surface area contributed by atoms with Crippen molar-refractivity contribution in [1.82, 2.24) is 4.90 Å². The highest BCUT2D eigenvalue weighted by molar-refractivity contribution is 6.39. The molecule has 14 heteroatoms. The Morgan fingerprint density at radius 3 is 2.25 bits per heavy atom. The zero-order valence-corrected chi connectivity index (χ0v) is 42.8. The summed E-state index contributed by atoms with van der Waals surface area (Å²) in [7, 11) is 3.04. The molecule has 3 heterocycles. The second-order valence-electron chi connectivity index (χ2n) is 21.2. The summed E-state index contributed by atoms with van der Waals surface area (Å²) in [5, 5.41) is 34.3. The average molecular weight is 958 g/mol. The van der Waals surface area contributed by atoms with Crippen molar-refractivity contribution in [2.24, 2.45) is 35.5 Å². The maximum absolute atomic E-state index is 14.4. The van der Waals surface area contributed by atoms with Crippen LogP contribution in [0.15, 0.2) is 35.5 Å². The number of ether oxygens (including phenoxy) is 5. The molecule has 0 spiro atoms. The van der Waals surface area contributed by atoms with Crippen LogP contribution in [0, 0.1) is 35.5 Å². The van der Waals surface area contributed by atoms with Gasteiger partial charge in [0, 0.05) is 51.0 Å². The number of aliphatic hydroxyl groups excluding tert-OH is 2. The predicted octanol–water partition coefficient (Wildman–Crippen LogP) is 7.92. The molecular weight excluding hydrogens is 871 g/mol. The van der Waals surface area contributed by atoms with Gasteiger partial charge in [0.15, 0.2) is 0 Å². The molecule has 0 unspecified atom stereocenters. The molecule has 4 aliphatic rings. The van der Waals surface area contributed by atoms with Gasteiger partial charge in [-0.25, -0.2) is 9.59 Å². The molecule has 386 valence electrons. The third-order valence-electron chi connectivity index (χ3n) is 14.9. The van der Waals surface area contributed by atoms with Gasteiger partial charge in [-0.05, 0) is 114 Å². The maximum atomic E-state index is 14.4. The van der Waals surface area contributed by atoms with Crippen molar-refractivity contribution in [2.75, 3.05) is 27.4 Å². The van der Waals surface area contributed by atoms with E-state index in [1.165, 1.54) is 44.5 Å². The van der Waals surface area contributed by atoms with Crippen molar-refractivity contribution in [3.8, 4) is 0 Å². The molecule has 0 aromatic carbocycles. The van der Waals surface area contributed by atoms with Gasteiger partial charge in [-0.2, -0.15) is 0 Å². The second-order valence-corrected chi connectivity index (χ2v) is 21.2. The molecule has 3 fully saturated rings. The number of methoxy groups -OCH3 is 2. The van der Waals surface area contributed by atoms with E-state index in [0.29, 0.717) is 56.6 Å². The van der Waals surface area contributed by atoms with Crippen LogP contribution in [0.5, 0.6) is 0 Å². The van der Waals surface area contributed by atoms with E-state index in [2.05, 4.69) is 13.8 Å². The Kier molecular flexibility index (Phi) is 23.6. The average Bonchev–Trinajstić information content (AvgIpc) is 3.30. The SMILES string of the molecule is CO[C@H]1C[C@@H](C)C/C(C)=C/[C@@H](C/C=C/C(=O)OCCCCCCCC(C)C)C(=O)C[C@H](O)[C@@H](C)[C@@H](/C(C)=C/C2CCC(O)CC2)OC(=O)[C@@H]2CCCCN2C(=O)C(=O)[C@]2(O)O[C@H]1[C@@H](OC)C[C@H]2C. The van der Waals surface area contributed by atoms with Crippen LogP contribution in [0.2, 0.25) is 0 Å². The van der Waals surface area contributed by atoms with Crippen molar-refractivity contribution in [3.63, 3.8) is 0 Å². The standard InChI is InChI=1S/C54H87NO13/c1-34(2)18-13-11-10-12-16-27-66-48(59)21-17-19-41-29-35(3)28-36(4)30-46(64-8)50-47(65-9)32-38(6)54(63,68-50)51(60)52(61)55-26-15-14-20-43(55)53(62)67-49(39(7)44(57)33-45(41)58)37(5)31-40-22-24-42(56)25-23-40/h17,21,29,31,34,36,38-44,46-47,49-50,56-57,63H,10-16,18-20,22-28,30,32-33H2,1-9H3/b21-17+,35-29+,37-31+/t36-,38+,39+,40?,41+,42?,43-,44-,46-,47-,49+,50+,54+/m0/s1. The maximum Gasteiger partial charge on any atom is 0.330 e. The van der Waals surface area contributed by atoms with Crippen LogP contribution in [0.1, 0.15) is 164 Å². The molecule has 0 aromatic heterocycles. The fourth-order valence-electron chi connectivity index (χ4n) is 10.7. The number of carbonyl (C=O) groups is 5. The number of amides is 1. The number of piperidine rings is 1. The highest BCUT2D eigenvalue weighted by Crippen LogP contribution is 2.39. The fourth-order valence-corrected chi connectivity index (χ4v) is 10.7. The van der Waals surface area contributed by atoms with Crippen LogP contribution in [-0.4, -0.2) is 125 Å². The summed E-state index contributed by atoms with van der Waals surface area (Å²) in [6, 6.07) is -1.16. The third kappa shape index (κ3) is 16.7. The lowest BCUT2D eigenvalue weighted by Gasteiger charge is -2.47. The first kappa shape index (κ1) is 57.3. The van der Waals surface area contributed by atoms with Gasteiger partial charge in [0.1, 0.15) is 24.0 Å². The van der Waals surface area contributed by atoms with Crippen molar-refractivity contribution in [1.29, 1.82) is 0 Å². The molecule has 1 aliphatic carbocycles. The predicted molar refractivity (Wildman–Crippen MR) is 259 cm³/mol. The summed E-state index contributed by atoms with van der Waals surface area (Å²) >= 11 is 0. The van der Waals surface area contributed by atoms with Crippen molar-refractivity contribution in [3.05, 3.63) is 35.5 Å². The summed E-state index contributed by atoms with van der Waals surface area (Å²) in [5.41, 5.74) is 1.56. The Labute approximate surface area is 407 Å². The van der Waals surface area contributed by atoms with E-state index in [4.69, 9.17) is 23.7 Å². The number of nitrogens with zero attached hydrogens (tertiary/aromatic N) is 1. The number of aliphatic hydroxyl groups is 3. The Morgan fingerprint density at radius 1 is 0.912 bits per heavy atom. The molecule has 1 saturated carbocycles. The van der Waals surface area contributed by atoms with Crippen LogP contribution in [0.4, 0.5) is 0 Å². The molecule has 4 rings (SSSR count). The quantitative estimate of drug-likeness (QED) is 0.0471. The molecule has 2 saturated heterocycles. The van der Waals surface area contributed by atoms with Gasteiger partial charge in [-0.15, -0.1) is 0 Å². The van der Waals surface area contributed by atoms with E-state index >= 15 is 0 Å². The number of ketones is 2. The van der Waals surface area contributed by atoms with E-state index in [0.717, 1.165) is 37.7 Å². The van der Waals surface area contributed by atoms with E-state index in [1.54, 1.807) is 19.9 Å². The Morgan fingerprint density at radius 2 is 1.57 bits per heavy atom. The number of cyclic esters (lactones) is 1. The molecule has 0 aromatic rings. The van der Waals surface area contributed by atoms with Crippen LogP contribution < -0.4 is 0 Å². The molecular formula is C54H87NO13. The Bertz CT molecular complexity index is 1730. The number of hydrogen-bond acceptors (Lipinski definition) is 13. The normalized spacial score (nSPS) is 35.3. The lowest BCUT2D eigenvalue weighted by molar-refractivity contribution is -0.302. The molecule has 0 radical (unpaired) electrons. The van der Waals surface area contributed by atoms with Gasteiger partial charge < -0.3 is 43.9 Å². The third-order valence-corrected chi connectivity index (χ3v) is 14.9. The number of fused-ring (bicyclic) bond motifs is 3. The lowest BCUT2D eigenvalue weighted by atomic mass is 9.82. The summed E-state index contributed by atoms with van der Waals surface area (Å²) in [6.45, 7) is 14.0. The number of esters is 2. The smallest absolute Gasteiger partial charge is 0.330 e.